The van der Waals surface area contributed by atoms with Crippen LogP contribution in [-0.2, 0) is 15.2 Å². The van der Waals surface area contributed by atoms with Gasteiger partial charge < -0.3 is 10.4 Å². The fourth-order valence-corrected chi connectivity index (χ4v) is 3.92. The second-order valence-corrected chi connectivity index (χ2v) is 7.44. The number of para-hydroxylation sites is 2. The van der Waals surface area contributed by atoms with Gasteiger partial charge in [-0.2, -0.15) is 0 Å². The number of carbonyl (C=O) groups is 2. The fourth-order valence-electron chi connectivity index (χ4n) is 3.92. The normalized spacial score (nSPS) is 17.7. The van der Waals surface area contributed by atoms with E-state index < -0.39 is 17.3 Å². The highest BCUT2D eigenvalue weighted by molar-refractivity contribution is 6.12. The second-order valence-electron chi connectivity index (χ2n) is 7.44. The van der Waals surface area contributed by atoms with Crippen molar-refractivity contribution in [2.75, 3.05) is 16.8 Å². The first-order chi connectivity index (χ1) is 14.3. The topological polar surface area (TPSA) is 69.6 Å². The van der Waals surface area contributed by atoms with Crippen LogP contribution < -0.4 is 10.2 Å². The number of fused-ring (bicyclic) bond motifs is 1. The van der Waals surface area contributed by atoms with E-state index in [1.807, 2.05) is 32.0 Å². The largest absolute Gasteiger partial charge is 0.372 e. The molecule has 0 spiro atoms. The summed E-state index contributed by atoms with van der Waals surface area (Å²) in [4.78, 5) is 27.3. The van der Waals surface area contributed by atoms with Crippen molar-refractivity contribution in [3.63, 3.8) is 0 Å². The third-order valence-electron chi connectivity index (χ3n) is 5.43. The van der Waals surface area contributed by atoms with E-state index in [0.29, 0.717) is 16.9 Å². The number of anilines is 2. The number of hydrogen-bond acceptors (Lipinski definition) is 3. The Labute approximate surface area is 173 Å². The molecule has 5 nitrogen and oxygen atoms in total. The van der Waals surface area contributed by atoms with E-state index in [-0.39, 0.29) is 18.0 Å². The van der Waals surface area contributed by atoms with E-state index in [2.05, 4.69) is 5.32 Å². The Hall–Kier alpha value is -3.51. The van der Waals surface area contributed by atoms with Gasteiger partial charge in [-0.15, -0.1) is 0 Å². The number of benzene rings is 3. The first kappa shape index (κ1) is 19.8. The van der Waals surface area contributed by atoms with Crippen LogP contribution in [0, 0.1) is 19.7 Å². The van der Waals surface area contributed by atoms with Crippen molar-refractivity contribution < 1.29 is 19.1 Å². The van der Waals surface area contributed by atoms with Gasteiger partial charge in [0.05, 0.1) is 5.69 Å². The molecule has 0 unspecified atom stereocenters. The van der Waals surface area contributed by atoms with Crippen LogP contribution in [0.5, 0.6) is 0 Å². The highest BCUT2D eigenvalue weighted by atomic mass is 19.1. The van der Waals surface area contributed by atoms with Gasteiger partial charge in [-0.05, 0) is 43.2 Å². The minimum Gasteiger partial charge on any atom is -0.372 e. The van der Waals surface area contributed by atoms with Crippen LogP contribution in [-0.4, -0.2) is 23.5 Å². The van der Waals surface area contributed by atoms with Gasteiger partial charge >= 0.3 is 0 Å². The molecule has 1 heterocycles. The molecule has 30 heavy (non-hydrogen) atoms. The average molecular weight is 404 g/mol. The predicted molar refractivity (Wildman–Crippen MR) is 113 cm³/mol. The molecule has 2 amide bonds. The molecule has 3 aromatic carbocycles. The first-order valence-corrected chi connectivity index (χ1v) is 9.58. The van der Waals surface area contributed by atoms with Gasteiger partial charge in [0, 0.05) is 16.8 Å². The molecular formula is C24H21FN2O3. The average Bonchev–Trinajstić information content (AvgIpc) is 2.94. The van der Waals surface area contributed by atoms with Gasteiger partial charge in [-0.1, -0.05) is 48.5 Å². The highest BCUT2D eigenvalue weighted by Crippen LogP contribution is 2.44. The van der Waals surface area contributed by atoms with Crippen molar-refractivity contribution in [3.8, 4) is 0 Å². The molecule has 4 rings (SSSR count). The molecular weight excluding hydrogens is 383 g/mol. The summed E-state index contributed by atoms with van der Waals surface area (Å²) >= 11 is 0. The van der Waals surface area contributed by atoms with E-state index in [1.54, 1.807) is 24.3 Å². The summed E-state index contributed by atoms with van der Waals surface area (Å²) in [5.41, 5.74) is 1.32. The minimum absolute atomic E-state index is 0.123. The predicted octanol–water partition coefficient (Wildman–Crippen LogP) is 3.66. The minimum atomic E-state index is -2.06. The van der Waals surface area contributed by atoms with Gasteiger partial charge in [0.25, 0.3) is 5.91 Å². The molecule has 3 aromatic rings. The molecule has 6 heteroatoms. The van der Waals surface area contributed by atoms with Crippen LogP contribution in [0.2, 0.25) is 0 Å². The van der Waals surface area contributed by atoms with E-state index in [0.717, 1.165) is 17.2 Å². The summed E-state index contributed by atoms with van der Waals surface area (Å²) in [5, 5.41) is 14.2. The van der Waals surface area contributed by atoms with Gasteiger partial charge in [0.2, 0.25) is 5.91 Å². The summed E-state index contributed by atoms with van der Waals surface area (Å²) in [7, 11) is 0. The summed E-state index contributed by atoms with van der Waals surface area (Å²) in [6.07, 6.45) is 0. The lowest BCUT2D eigenvalue weighted by Crippen LogP contribution is -2.44. The number of amides is 2. The molecule has 1 aliphatic rings. The maximum atomic E-state index is 13.8. The Balaban J connectivity index is 1.68. The summed E-state index contributed by atoms with van der Waals surface area (Å²) < 4.78 is 13.8. The van der Waals surface area contributed by atoms with Gasteiger partial charge in [-0.3, -0.25) is 14.5 Å². The number of rotatable bonds is 4. The molecule has 152 valence electrons. The number of aliphatic hydroxyl groups is 1. The van der Waals surface area contributed by atoms with Crippen molar-refractivity contribution >= 4 is 23.2 Å². The number of hydrogen-bond donors (Lipinski definition) is 2. The molecule has 0 aromatic heterocycles. The van der Waals surface area contributed by atoms with Crippen LogP contribution in [0.3, 0.4) is 0 Å². The summed E-state index contributed by atoms with van der Waals surface area (Å²) in [5.74, 6) is -1.64. The third kappa shape index (κ3) is 3.15. The number of nitrogens with zero attached hydrogens (tertiary/aromatic N) is 1. The lowest BCUT2D eigenvalue weighted by molar-refractivity contribution is -0.133. The van der Waals surface area contributed by atoms with E-state index >= 15 is 0 Å². The van der Waals surface area contributed by atoms with Gasteiger partial charge in [-0.25, -0.2) is 4.39 Å². The van der Waals surface area contributed by atoms with Crippen LogP contribution in [0.4, 0.5) is 15.8 Å². The van der Waals surface area contributed by atoms with Crippen molar-refractivity contribution in [3.05, 3.63) is 94.8 Å². The summed E-state index contributed by atoms with van der Waals surface area (Å²) in [6.45, 7) is 3.50. The van der Waals surface area contributed by atoms with Crippen LogP contribution in [0.25, 0.3) is 0 Å². The zero-order valence-corrected chi connectivity index (χ0v) is 16.6. The molecule has 1 atom stereocenters. The van der Waals surface area contributed by atoms with Gasteiger partial charge in [0.1, 0.15) is 12.4 Å². The molecule has 0 bridgehead atoms. The number of halogens is 1. The number of aryl methyl sites for hydroxylation is 2. The van der Waals surface area contributed by atoms with Crippen LogP contribution in [0.15, 0.2) is 66.7 Å². The Morgan fingerprint density at radius 2 is 1.70 bits per heavy atom. The molecule has 0 aliphatic carbocycles. The lowest BCUT2D eigenvalue weighted by Gasteiger charge is -2.23. The Morgan fingerprint density at radius 3 is 2.40 bits per heavy atom. The zero-order chi connectivity index (χ0) is 21.5. The Kier molecular flexibility index (Phi) is 4.87. The lowest BCUT2D eigenvalue weighted by atomic mass is 9.87. The van der Waals surface area contributed by atoms with Gasteiger partial charge in [0.15, 0.2) is 5.60 Å². The van der Waals surface area contributed by atoms with Crippen LogP contribution >= 0.6 is 0 Å². The second kappa shape index (κ2) is 7.39. The van der Waals surface area contributed by atoms with E-state index in [9.17, 15) is 19.1 Å². The number of carbonyl (C=O) groups excluding carboxylic acids is 2. The fraction of sp³-hybridized carbons (Fsp3) is 0.167. The number of nitrogens with one attached hydrogen (secondary N) is 1. The highest BCUT2D eigenvalue weighted by Gasteiger charge is 2.51. The SMILES string of the molecule is Cc1cccc(C)c1NC(=O)CN1C(=O)[C@](O)(c2cccc(F)c2)c2ccccc21. The van der Waals surface area contributed by atoms with Crippen molar-refractivity contribution in [1.82, 2.24) is 0 Å². The van der Waals surface area contributed by atoms with E-state index in [1.165, 1.54) is 23.1 Å². The van der Waals surface area contributed by atoms with Crippen molar-refractivity contribution in [1.29, 1.82) is 0 Å². The van der Waals surface area contributed by atoms with Crippen molar-refractivity contribution in [2.24, 2.45) is 0 Å². The molecule has 0 radical (unpaired) electrons. The quantitative estimate of drug-likeness (QED) is 0.697. The smallest absolute Gasteiger partial charge is 0.268 e. The summed E-state index contributed by atoms with van der Waals surface area (Å²) in [6, 6.07) is 17.7. The molecule has 0 fully saturated rings. The van der Waals surface area contributed by atoms with Crippen molar-refractivity contribution in [2.45, 2.75) is 19.4 Å². The maximum absolute atomic E-state index is 13.8. The molecule has 0 saturated carbocycles. The van der Waals surface area contributed by atoms with Crippen LogP contribution in [0.1, 0.15) is 22.3 Å². The standard InChI is InChI=1S/C24H21FN2O3/c1-15-7-5-8-16(2)22(15)26-21(28)14-27-20-12-4-3-11-19(20)24(30,23(27)29)17-9-6-10-18(25)13-17/h3-13,30H,14H2,1-2H3,(H,26,28)/t24-/m0/s1. The zero-order valence-electron chi connectivity index (χ0n) is 16.6. The Morgan fingerprint density at radius 1 is 1.03 bits per heavy atom. The first-order valence-electron chi connectivity index (χ1n) is 9.58. The third-order valence-corrected chi connectivity index (χ3v) is 5.43. The monoisotopic (exact) mass is 404 g/mol. The maximum Gasteiger partial charge on any atom is 0.268 e. The molecule has 1 aliphatic heterocycles. The molecule has 0 saturated heterocycles. The Bertz CT molecular complexity index is 1140. The molecule has 2 N–H and O–H groups in total. The van der Waals surface area contributed by atoms with E-state index in [4.69, 9.17) is 0 Å².